The van der Waals surface area contributed by atoms with Gasteiger partial charge in [-0.3, -0.25) is 4.79 Å². The van der Waals surface area contributed by atoms with Crippen molar-refractivity contribution in [1.29, 1.82) is 0 Å². The number of hydrogen-bond acceptors (Lipinski definition) is 2. The monoisotopic (exact) mass is 316 g/mol. The van der Waals surface area contributed by atoms with Gasteiger partial charge in [-0.05, 0) is 22.8 Å². The molecule has 2 aromatic carbocycles. The molecule has 1 aliphatic rings. The van der Waals surface area contributed by atoms with Crippen LogP contribution in [-0.4, -0.2) is 5.97 Å². The van der Waals surface area contributed by atoms with Crippen LogP contribution in [0.1, 0.15) is 24.3 Å². The van der Waals surface area contributed by atoms with E-state index < -0.39 is 0 Å². The van der Waals surface area contributed by atoms with Crippen molar-refractivity contribution in [2.75, 3.05) is 0 Å². The number of esters is 1. The van der Waals surface area contributed by atoms with Gasteiger partial charge in [-0.1, -0.05) is 58.4 Å². The van der Waals surface area contributed by atoms with E-state index in [0.717, 1.165) is 29.2 Å². The Kier molecular flexibility index (Phi) is 3.38. The molecular weight excluding hydrogens is 304 g/mol. The molecule has 0 spiro atoms. The molecule has 0 bridgehead atoms. The van der Waals surface area contributed by atoms with Crippen molar-refractivity contribution in [3.8, 4) is 0 Å². The molecule has 0 saturated carbocycles. The van der Waals surface area contributed by atoms with E-state index in [1.807, 2.05) is 24.3 Å². The van der Waals surface area contributed by atoms with Crippen molar-refractivity contribution in [2.45, 2.75) is 18.8 Å². The third-order valence-corrected chi connectivity index (χ3v) is 4.03. The second-order valence-corrected chi connectivity index (χ2v) is 5.11. The Labute approximate surface area is 120 Å². The number of cyclic esters (lactones) is 1. The van der Waals surface area contributed by atoms with Crippen LogP contribution >= 0.6 is 15.9 Å². The van der Waals surface area contributed by atoms with Gasteiger partial charge in [-0.2, -0.15) is 0 Å². The first kappa shape index (κ1) is 12.4. The molecule has 0 aliphatic carbocycles. The minimum absolute atomic E-state index is 0.159. The lowest BCUT2D eigenvalue weighted by molar-refractivity contribution is -0.143. The fourth-order valence-electron chi connectivity index (χ4n) is 2.57. The number of allylic oxidation sites excluding steroid dienone is 1. The maximum absolute atomic E-state index is 12.1. The average Bonchev–Trinajstić information content (AvgIpc) is 2.46. The van der Waals surface area contributed by atoms with Gasteiger partial charge in [0.15, 0.2) is 0 Å². The highest BCUT2D eigenvalue weighted by molar-refractivity contribution is 9.11. The van der Waals surface area contributed by atoms with Crippen LogP contribution in [0.3, 0.4) is 0 Å². The Morgan fingerprint density at radius 2 is 1.95 bits per heavy atom. The van der Waals surface area contributed by atoms with Crippen LogP contribution in [0.4, 0.5) is 0 Å². The first-order valence-electron chi connectivity index (χ1n) is 6.28. The molecule has 3 heteroatoms. The van der Waals surface area contributed by atoms with Gasteiger partial charge in [0.2, 0.25) is 0 Å². The van der Waals surface area contributed by atoms with Crippen molar-refractivity contribution in [3.63, 3.8) is 0 Å². The molecule has 1 fully saturated rings. The Hall–Kier alpha value is -1.61. The number of hydrogen-bond donors (Lipinski definition) is 0. The Morgan fingerprint density at radius 3 is 2.74 bits per heavy atom. The molecule has 96 valence electrons. The third kappa shape index (κ3) is 2.30. The van der Waals surface area contributed by atoms with E-state index in [1.165, 1.54) is 0 Å². The Balaban J connectivity index is 2.03. The maximum Gasteiger partial charge on any atom is 0.318 e. The van der Waals surface area contributed by atoms with E-state index in [0.29, 0.717) is 5.76 Å². The van der Waals surface area contributed by atoms with Gasteiger partial charge in [0, 0.05) is 11.4 Å². The molecule has 0 amide bonds. The zero-order chi connectivity index (χ0) is 13.2. The number of carbonyl (C=O) groups excluding carboxylic acids is 1. The van der Waals surface area contributed by atoms with E-state index in [4.69, 9.17) is 4.74 Å². The molecule has 0 radical (unpaired) electrons. The van der Waals surface area contributed by atoms with Crippen molar-refractivity contribution < 1.29 is 9.53 Å². The highest BCUT2D eigenvalue weighted by atomic mass is 79.9. The lowest BCUT2D eigenvalue weighted by Gasteiger charge is -2.23. The first-order chi connectivity index (χ1) is 9.29. The van der Waals surface area contributed by atoms with Gasteiger partial charge in [0.25, 0.3) is 0 Å². The number of benzene rings is 2. The summed E-state index contributed by atoms with van der Waals surface area (Å²) in [5, 5.41) is 2.30. The van der Waals surface area contributed by atoms with Crippen molar-refractivity contribution in [2.24, 2.45) is 0 Å². The van der Waals surface area contributed by atoms with Gasteiger partial charge in [0.1, 0.15) is 5.76 Å². The van der Waals surface area contributed by atoms with Gasteiger partial charge in [0.05, 0.1) is 5.92 Å². The van der Waals surface area contributed by atoms with Crippen LogP contribution in [0, 0.1) is 0 Å². The summed E-state index contributed by atoms with van der Waals surface area (Å²) in [6, 6.07) is 14.2. The third-order valence-electron chi connectivity index (χ3n) is 3.52. The number of fused-ring (bicyclic) bond motifs is 1. The summed E-state index contributed by atoms with van der Waals surface area (Å²) in [7, 11) is 0. The van der Waals surface area contributed by atoms with Gasteiger partial charge in [-0.15, -0.1) is 0 Å². The van der Waals surface area contributed by atoms with Crippen molar-refractivity contribution >= 4 is 32.7 Å². The molecule has 1 saturated heterocycles. The average molecular weight is 317 g/mol. The summed E-state index contributed by atoms with van der Waals surface area (Å²) in [4.78, 5) is 13.8. The molecule has 19 heavy (non-hydrogen) atoms. The summed E-state index contributed by atoms with van der Waals surface area (Å²) in [5.41, 5.74) is 1.07. The van der Waals surface area contributed by atoms with E-state index in [2.05, 4.69) is 34.1 Å². The largest absolute Gasteiger partial charge is 0.430 e. The Morgan fingerprint density at radius 1 is 1.16 bits per heavy atom. The standard InChI is InChI=1S/C16H13BrO2/c17-10-12-8-9-15(16(18)19-12)14-7-3-5-11-4-1-2-6-13(11)14/h1-7,10,15H,8-9H2/b12-10+/t15-/m0/s1. The normalized spacial score (nSPS) is 21.6. The Bertz CT molecular complexity index is 655. The van der Waals surface area contributed by atoms with Crippen molar-refractivity contribution in [3.05, 3.63) is 58.8 Å². The van der Waals surface area contributed by atoms with Crippen LogP contribution in [0.5, 0.6) is 0 Å². The minimum atomic E-state index is -0.165. The molecule has 2 nitrogen and oxygen atoms in total. The van der Waals surface area contributed by atoms with E-state index in [9.17, 15) is 4.79 Å². The molecule has 1 heterocycles. The quantitative estimate of drug-likeness (QED) is 0.724. The van der Waals surface area contributed by atoms with Crippen LogP contribution in [0.15, 0.2) is 53.2 Å². The fourth-order valence-corrected chi connectivity index (χ4v) is 2.89. The molecule has 2 aromatic rings. The summed E-state index contributed by atoms with van der Waals surface area (Å²) in [5.74, 6) is 0.386. The highest BCUT2D eigenvalue weighted by Crippen LogP contribution is 2.35. The molecule has 0 aromatic heterocycles. The summed E-state index contributed by atoms with van der Waals surface area (Å²) in [6.07, 6.45) is 1.58. The first-order valence-corrected chi connectivity index (χ1v) is 7.20. The summed E-state index contributed by atoms with van der Waals surface area (Å²) >= 11 is 3.22. The molecule has 1 aliphatic heterocycles. The summed E-state index contributed by atoms with van der Waals surface area (Å²) in [6.45, 7) is 0. The van der Waals surface area contributed by atoms with E-state index in [-0.39, 0.29) is 11.9 Å². The molecular formula is C16H13BrO2. The minimum Gasteiger partial charge on any atom is -0.430 e. The lowest BCUT2D eigenvalue weighted by Crippen LogP contribution is -2.21. The van der Waals surface area contributed by atoms with E-state index >= 15 is 0 Å². The number of halogens is 1. The van der Waals surface area contributed by atoms with Gasteiger partial charge >= 0.3 is 5.97 Å². The topological polar surface area (TPSA) is 26.3 Å². The maximum atomic E-state index is 12.1. The SMILES string of the molecule is O=C1O/C(=C/Br)CC[C@H]1c1cccc2ccccc12. The lowest BCUT2D eigenvalue weighted by atomic mass is 9.88. The fraction of sp³-hybridized carbons (Fsp3) is 0.188. The number of carbonyl (C=O) groups is 1. The summed E-state index contributed by atoms with van der Waals surface area (Å²) < 4.78 is 5.33. The van der Waals surface area contributed by atoms with Crippen LogP contribution in [0.2, 0.25) is 0 Å². The zero-order valence-electron chi connectivity index (χ0n) is 10.3. The van der Waals surface area contributed by atoms with Gasteiger partial charge in [-0.25, -0.2) is 0 Å². The highest BCUT2D eigenvalue weighted by Gasteiger charge is 2.29. The van der Waals surface area contributed by atoms with Gasteiger partial charge < -0.3 is 4.74 Å². The second kappa shape index (κ2) is 5.17. The molecule has 3 rings (SSSR count). The van der Waals surface area contributed by atoms with Crippen molar-refractivity contribution in [1.82, 2.24) is 0 Å². The van der Waals surface area contributed by atoms with E-state index in [1.54, 1.807) is 4.99 Å². The second-order valence-electron chi connectivity index (χ2n) is 4.66. The molecule has 0 N–H and O–H groups in total. The van der Waals surface area contributed by atoms with Crippen LogP contribution in [-0.2, 0) is 9.53 Å². The van der Waals surface area contributed by atoms with Crippen LogP contribution < -0.4 is 0 Å². The molecule has 1 atom stereocenters. The number of ether oxygens (including phenoxy) is 1. The smallest absolute Gasteiger partial charge is 0.318 e. The molecule has 0 unspecified atom stereocenters. The zero-order valence-corrected chi connectivity index (χ0v) is 11.9. The van der Waals surface area contributed by atoms with Crippen LogP contribution in [0.25, 0.3) is 10.8 Å². The number of rotatable bonds is 1. The predicted octanol–water partition coefficient (Wildman–Crippen LogP) is 4.50. The predicted molar refractivity (Wildman–Crippen MR) is 79.0 cm³/mol.